The number of unbranched alkanes of at least 4 members (excludes halogenated alkanes) is 2. The lowest BCUT2D eigenvalue weighted by Gasteiger charge is -2.45. The van der Waals surface area contributed by atoms with E-state index in [1.807, 2.05) is 0 Å². The summed E-state index contributed by atoms with van der Waals surface area (Å²) in [4.78, 5) is 0. The zero-order chi connectivity index (χ0) is 18.9. The van der Waals surface area contributed by atoms with Gasteiger partial charge < -0.3 is 9.53 Å². The molecule has 0 heterocycles. The molecule has 0 fully saturated rings. The Kier molecular flexibility index (Phi) is 9.99. The van der Waals surface area contributed by atoms with Crippen molar-refractivity contribution in [3.63, 3.8) is 0 Å². The molecule has 0 spiro atoms. The Morgan fingerprint density at radius 3 is 1.88 bits per heavy atom. The van der Waals surface area contributed by atoms with Crippen LogP contribution in [0.5, 0.6) is 0 Å². The van der Waals surface area contributed by atoms with Crippen molar-refractivity contribution < 1.29 is 9.53 Å². The molecule has 2 nitrogen and oxygen atoms in total. The zero-order valence-corrected chi connectivity index (χ0v) is 18.3. The van der Waals surface area contributed by atoms with Crippen molar-refractivity contribution in [1.82, 2.24) is 0 Å². The first kappa shape index (κ1) is 22.4. The molecule has 25 heavy (non-hydrogen) atoms. The van der Waals surface area contributed by atoms with Crippen LogP contribution in [0.1, 0.15) is 72.8 Å². The van der Waals surface area contributed by atoms with Gasteiger partial charge in [0, 0.05) is 12.7 Å². The van der Waals surface area contributed by atoms with Gasteiger partial charge in [-0.2, -0.15) is 0 Å². The van der Waals surface area contributed by atoms with E-state index < -0.39 is 8.32 Å². The molecule has 0 amide bonds. The smallest absolute Gasteiger partial charge is 0.200 e. The average molecular weight is 365 g/mol. The van der Waals surface area contributed by atoms with Crippen LogP contribution >= 0.6 is 0 Å². The molecule has 0 radical (unpaired) electrons. The van der Waals surface area contributed by atoms with Crippen LogP contribution in [0.2, 0.25) is 16.6 Å². The van der Waals surface area contributed by atoms with E-state index >= 15 is 0 Å². The summed E-state index contributed by atoms with van der Waals surface area (Å²) in [5.41, 5.74) is 3.21. The fourth-order valence-corrected chi connectivity index (χ4v) is 10.0. The number of hydrogen-bond donors (Lipinski definition) is 1. The molecule has 144 valence electrons. The van der Waals surface area contributed by atoms with E-state index in [0.29, 0.717) is 29.3 Å². The molecule has 1 N–H and O–H groups in total. The molecule has 0 saturated heterocycles. The van der Waals surface area contributed by atoms with E-state index in [2.05, 4.69) is 71.9 Å². The highest BCUT2D eigenvalue weighted by atomic mass is 28.4. The van der Waals surface area contributed by atoms with Crippen LogP contribution in [0.25, 0.3) is 0 Å². The highest BCUT2D eigenvalue weighted by Crippen LogP contribution is 2.43. The Hall–Kier alpha value is -0.643. The first-order chi connectivity index (χ1) is 11.8. The largest absolute Gasteiger partial charge is 0.413 e. The fourth-order valence-electron chi connectivity index (χ4n) is 4.44. The van der Waals surface area contributed by atoms with E-state index in [-0.39, 0.29) is 0 Å². The lowest BCUT2D eigenvalue weighted by atomic mass is 10.0. The van der Waals surface area contributed by atoms with Gasteiger partial charge in [0.2, 0.25) is 8.32 Å². The molecule has 1 atom stereocenters. The molecular formula is C22H40O2Si. The number of aliphatic hydroxyl groups is 1. The quantitative estimate of drug-likeness (QED) is 0.346. The van der Waals surface area contributed by atoms with Crippen molar-refractivity contribution in [2.24, 2.45) is 0 Å². The van der Waals surface area contributed by atoms with E-state index in [1.165, 1.54) is 5.56 Å². The maximum atomic E-state index is 9.05. The number of benzene rings is 1. The Morgan fingerprint density at radius 1 is 0.840 bits per heavy atom. The highest BCUT2D eigenvalue weighted by Gasteiger charge is 2.46. The van der Waals surface area contributed by atoms with Crippen LogP contribution in [-0.2, 0) is 10.8 Å². The van der Waals surface area contributed by atoms with Gasteiger partial charge in [0.1, 0.15) is 0 Å². The van der Waals surface area contributed by atoms with Crippen molar-refractivity contribution in [3.05, 3.63) is 35.9 Å². The van der Waals surface area contributed by atoms with Gasteiger partial charge in [-0.15, -0.1) is 0 Å². The zero-order valence-electron chi connectivity index (χ0n) is 17.3. The second-order valence-electron chi connectivity index (χ2n) is 8.32. The van der Waals surface area contributed by atoms with E-state index in [1.54, 1.807) is 0 Å². The molecule has 1 aromatic carbocycles. The van der Waals surface area contributed by atoms with E-state index in [4.69, 9.17) is 9.53 Å². The predicted octanol–water partition coefficient (Wildman–Crippen LogP) is 6.34. The number of rotatable bonds is 12. The second kappa shape index (κ2) is 11.2. The minimum absolute atomic E-state index is 0.292. The Bertz CT molecular complexity index is 435. The third kappa shape index (κ3) is 6.54. The number of hydrogen-bond acceptors (Lipinski definition) is 2. The summed E-state index contributed by atoms with van der Waals surface area (Å²) in [7, 11) is -1.86. The van der Waals surface area contributed by atoms with Gasteiger partial charge in [0.05, 0.1) is 0 Å². The van der Waals surface area contributed by atoms with Gasteiger partial charge in [0.25, 0.3) is 0 Å². The fraction of sp³-hybridized carbons (Fsp3) is 0.727. The molecule has 1 rings (SSSR count). The van der Waals surface area contributed by atoms with Crippen LogP contribution in [-0.4, -0.2) is 26.1 Å². The van der Waals surface area contributed by atoms with Crippen LogP contribution < -0.4 is 0 Å². The summed E-state index contributed by atoms with van der Waals surface area (Å²) in [6.07, 6.45) is 5.51. The van der Waals surface area contributed by atoms with Gasteiger partial charge in [0.15, 0.2) is 0 Å². The molecule has 1 aromatic rings. The first-order valence-electron chi connectivity index (χ1n) is 10.2. The van der Waals surface area contributed by atoms with Crippen LogP contribution in [0.15, 0.2) is 30.3 Å². The molecule has 0 aliphatic heterocycles. The summed E-state index contributed by atoms with van der Waals surface area (Å²) >= 11 is 0. The Morgan fingerprint density at radius 2 is 1.40 bits per heavy atom. The molecule has 3 heteroatoms. The average Bonchev–Trinajstić information content (AvgIpc) is 2.56. The SMILES string of the molecule is CC(C)[Si](OC(CCCCCO)Cc1ccccc1)(C(C)C)C(C)C. The highest BCUT2D eigenvalue weighted by molar-refractivity contribution is 6.77. The van der Waals surface area contributed by atoms with Gasteiger partial charge >= 0.3 is 0 Å². The molecule has 0 aromatic heterocycles. The van der Waals surface area contributed by atoms with Gasteiger partial charge in [-0.3, -0.25) is 0 Å². The molecular weight excluding hydrogens is 324 g/mol. The van der Waals surface area contributed by atoms with Gasteiger partial charge in [-0.05, 0) is 41.4 Å². The van der Waals surface area contributed by atoms with Gasteiger partial charge in [-0.1, -0.05) is 84.7 Å². The van der Waals surface area contributed by atoms with E-state index in [0.717, 1.165) is 32.1 Å². The van der Waals surface area contributed by atoms with E-state index in [9.17, 15) is 0 Å². The monoisotopic (exact) mass is 364 g/mol. The maximum absolute atomic E-state index is 9.05. The lowest BCUT2D eigenvalue weighted by molar-refractivity contribution is 0.159. The number of aliphatic hydroxyl groups excluding tert-OH is 1. The summed E-state index contributed by atoms with van der Waals surface area (Å²) < 4.78 is 7.08. The second-order valence-corrected chi connectivity index (χ2v) is 13.7. The molecule has 0 saturated carbocycles. The lowest BCUT2D eigenvalue weighted by Crippen LogP contribution is -2.50. The van der Waals surface area contributed by atoms with Crippen LogP contribution in [0.3, 0.4) is 0 Å². The summed E-state index contributed by atoms with van der Waals surface area (Å²) in [5.74, 6) is 0. The van der Waals surface area contributed by atoms with Crippen molar-refractivity contribution in [2.45, 2.75) is 96.4 Å². The Balaban J connectivity index is 2.95. The minimum Gasteiger partial charge on any atom is -0.413 e. The van der Waals surface area contributed by atoms with Crippen molar-refractivity contribution in [1.29, 1.82) is 0 Å². The molecule has 1 unspecified atom stereocenters. The Labute approximate surface area is 157 Å². The minimum atomic E-state index is -1.86. The van der Waals surface area contributed by atoms with Crippen molar-refractivity contribution in [3.8, 4) is 0 Å². The van der Waals surface area contributed by atoms with Crippen molar-refractivity contribution in [2.75, 3.05) is 6.61 Å². The molecule has 0 bridgehead atoms. The third-order valence-corrected chi connectivity index (χ3v) is 11.7. The molecule has 0 aliphatic carbocycles. The third-order valence-electron chi connectivity index (χ3n) is 5.57. The van der Waals surface area contributed by atoms with Crippen molar-refractivity contribution >= 4 is 8.32 Å². The summed E-state index contributed by atoms with van der Waals surface area (Å²) in [5, 5.41) is 9.05. The van der Waals surface area contributed by atoms with Crippen LogP contribution in [0.4, 0.5) is 0 Å². The maximum Gasteiger partial charge on any atom is 0.200 e. The van der Waals surface area contributed by atoms with Crippen LogP contribution in [0, 0.1) is 0 Å². The standard InChI is InChI=1S/C22H40O2Si/c1-18(2)25(19(3)4,20(5)6)24-22(15-11-8-12-16-23)17-21-13-9-7-10-14-21/h7,9-10,13-14,18-20,22-23H,8,11-12,15-17H2,1-6H3. The topological polar surface area (TPSA) is 29.5 Å². The molecule has 0 aliphatic rings. The summed E-state index contributed by atoms with van der Waals surface area (Å²) in [6, 6.07) is 10.8. The first-order valence-corrected chi connectivity index (χ1v) is 12.3. The normalized spacial score (nSPS) is 13.8. The predicted molar refractivity (Wildman–Crippen MR) is 112 cm³/mol. The van der Waals surface area contributed by atoms with Gasteiger partial charge in [-0.25, -0.2) is 0 Å². The summed E-state index contributed by atoms with van der Waals surface area (Å²) in [6.45, 7) is 14.5.